The van der Waals surface area contributed by atoms with Crippen LogP contribution in [0.3, 0.4) is 0 Å². The molecule has 0 bridgehead atoms. The van der Waals surface area contributed by atoms with Crippen LogP contribution in [0.4, 0.5) is 0 Å². The Hall–Kier alpha value is -4.51. The molecular weight excluding hydrogens is 434 g/mol. The second-order valence-electron chi connectivity index (χ2n) is 8.48. The lowest BCUT2D eigenvalue weighted by Crippen LogP contribution is -2.04. The SMILES string of the molecule is CCCOc1nc(-c2ccccc2O)nc(-c2cc3c4ccccc4ccc3c3ccccc23)n1. The van der Waals surface area contributed by atoms with Crippen LogP contribution >= 0.6 is 0 Å². The minimum absolute atomic E-state index is 0.112. The molecule has 170 valence electrons. The summed E-state index contributed by atoms with van der Waals surface area (Å²) in [6, 6.07) is 30.5. The third-order valence-electron chi connectivity index (χ3n) is 6.20. The van der Waals surface area contributed by atoms with Crippen molar-refractivity contribution in [1.82, 2.24) is 15.0 Å². The van der Waals surface area contributed by atoms with E-state index in [1.54, 1.807) is 18.2 Å². The van der Waals surface area contributed by atoms with Crippen LogP contribution in [0, 0.1) is 0 Å². The summed E-state index contributed by atoms with van der Waals surface area (Å²) in [4.78, 5) is 14.0. The van der Waals surface area contributed by atoms with Gasteiger partial charge in [0.05, 0.1) is 12.2 Å². The van der Waals surface area contributed by atoms with Gasteiger partial charge in [0.1, 0.15) is 5.75 Å². The minimum atomic E-state index is 0.112. The first-order valence-corrected chi connectivity index (χ1v) is 11.7. The first kappa shape index (κ1) is 21.1. The smallest absolute Gasteiger partial charge is 0.320 e. The Kier molecular flexibility index (Phi) is 5.23. The highest BCUT2D eigenvalue weighted by Gasteiger charge is 2.17. The number of hydrogen-bond donors (Lipinski definition) is 1. The van der Waals surface area contributed by atoms with Gasteiger partial charge in [-0.15, -0.1) is 0 Å². The van der Waals surface area contributed by atoms with Crippen LogP contribution in [0.1, 0.15) is 13.3 Å². The van der Waals surface area contributed by atoms with Crippen molar-refractivity contribution in [1.29, 1.82) is 0 Å². The normalized spacial score (nSPS) is 11.3. The number of phenols is 1. The molecule has 0 saturated heterocycles. The first-order chi connectivity index (χ1) is 17.2. The van der Waals surface area contributed by atoms with Crippen LogP contribution in [0.15, 0.2) is 91.0 Å². The van der Waals surface area contributed by atoms with Crippen LogP contribution in [0.5, 0.6) is 11.8 Å². The van der Waals surface area contributed by atoms with Gasteiger partial charge in [0, 0.05) is 5.56 Å². The molecule has 1 aromatic heterocycles. The molecule has 0 saturated carbocycles. The van der Waals surface area contributed by atoms with Crippen molar-refractivity contribution in [2.75, 3.05) is 6.61 Å². The number of aromatic hydroxyl groups is 1. The molecule has 5 nitrogen and oxygen atoms in total. The lowest BCUT2D eigenvalue weighted by atomic mass is 9.93. The van der Waals surface area contributed by atoms with Crippen LogP contribution in [-0.2, 0) is 0 Å². The monoisotopic (exact) mass is 457 g/mol. The number of nitrogens with zero attached hydrogens (tertiary/aromatic N) is 3. The molecule has 0 spiro atoms. The van der Waals surface area contributed by atoms with Gasteiger partial charge >= 0.3 is 6.01 Å². The molecule has 5 heteroatoms. The zero-order chi connectivity index (χ0) is 23.8. The summed E-state index contributed by atoms with van der Waals surface area (Å²) in [7, 11) is 0. The molecule has 5 aromatic carbocycles. The fourth-order valence-corrected chi connectivity index (χ4v) is 4.56. The van der Waals surface area contributed by atoms with Crippen molar-refractivity contribution in [3.05, 3.63) is 91.0 Å². The number of phenolic OH excluding ortho intramolecular Hbond substituents is 1. The molecule has 0 aliphatic heterocycles. The van der Waals surface area contributed by atoms with Crippen LogP contribution in [-0.4, -0.2) is 26.7 Å². The third-order valence-corrected chi connectivity index (χ3v) is 6.20. The number of benzene rings is 5. The predicted octanol–water partition coefficient (Wildman–Crippen LogP) is 7.16. The van der Waals surface area contributed by atoms with Gasteiger partial charge in [-0.05, 0) is 56.9 Å². The number of para-hydroxylation sites is 1. The highest BCUT2D eigenvalue weighted by Crippen LogP contribution is 2.38. The lowest BCUT2D eigenvalue weighted by molar-refractivity contribution is 0.292. The Morgan fingerprint density at radius 2 is 1.29 bits per heavy atom. The lowest BCUT2D eigenvalue weighted by Gasteiger charge is -2.14. The third kappa shape index (κ3) is 3.71. The maximum Gasteiger partial charge on any atom is 0.320 e. The maximum absolute atomic E-state index is 10.5. The van der Waals surface area contributed by atoms with Gasteiger partial charge in [0.15, 0.2) is 11.6 Å². The van der Waals surface area contributed by atoms with E-state index in [4.69, 9.17) is 14.7 Å². The van der Waals surface area contributed by atoms with Crippen molar-refractivity contribution in [2.24, 2.45) is 0 Å². The number of ether oxygens (including phenoxy) is 1. The summed E-state index contributed by atoms with van der Waals surface area (Å²) in [6.07, 6.45) is 0.831. The number of rotatable bonds is 5. The van der Waals surface area contributed by atoms with Crippen molar-refractivity contribution in [2.45, 2.75) is 13.3 Å². The fourth-order valence-electron chi connectivity index (χ4n) is 4.56. The van der Waals surface area contributed by atoms with Crippen molar-refractivity contribution >= 4 is 32.3 Å². The van der Waals surface area contributed by atoms with Crippen LogP contribution in [0.25, 0.3) is 55.1 Å². The molecular formula is C30H23N3O2. The predicted molar refractivity (Wildman–Crippen MR) is 141 cm³/mol. The summed E-state index contributed by atoms with van der Waals surface area (Å²) in [5.41, 5.74) is 1.43. The minimum Gasteiger partial charge on any atom is -0.507 e. The topological polar surface area (TPSA) is 68.1 Å². The molecule has 0 aliphatic rings. The van der Waals surface area contributed by atoms with E-state index in [0.717, 1.165) is 28.1 Å². The maximum atomic E-state index is 10.5. The van der Waals surface area contributed by atoms with E-state index in [1.807, 2.05) is 19.1 Å². The first-order valence-electron chi connectivity index (χ1n) is 11.7. The van der Waals surface area contributed by atoms with Gasteiger partial charge in [-0.25, -0.2) is 4.98 Å². The molecule has 35 heavy (non-hydrogen) atoms. The van der Waals surface area contributed by atoms with Gasteiger partial charge in [-0.2, -0.15) is 9.97 Å². The number of fused-ring (bicyclic) bond motifs is 5. The molecule has 1 heterocycles. The molecule has 0 unspecified atom stereocenters. The molecule has 0 aliphatic carbocycles. The Morgan fingerprint density at radius 1 is 0.629 bits per heavy atom. The second-order valence-corrected chi connectivity index (χ2v) is 8.48. The number of hydrogen-bond acceptors (Lipinski definition) is 5. The van der Waals surface area contributed by atoms with E-state index < -0.39 is 0 Å². The molecule has 0 radical (unpaired) electrons. The number of aromatic nitrogens is 3. The van der Waals surface area contributed by atoms with Crippen molar-refractivity contribution in [3.63, 3.8) is 0 Å². The second kappa shape index (κ2) is 8.69. The molecule has 0 amide bonds. The van der Waals surface area contributed by atoms with E-state index in [-0.39, 0.29) is 11.8 Å². The standard InChI is InChI=1S/C30H23N3O2/c1-2-17-35-30-32-28(24-13-7-8-14-27(24)34)31-29(33-30)26-18-25-20-10-4-3-9-19(20)15-16-23(25)21-11-5-6-12-22(21)26/h3-16,18,34H,2,17H2,1H3. The van der Waals surface area contributed by atoms with Crippen molar-refractivity contribution in [3.8, 4) is 34.5 Å². The molecule has 0 atom stereocenters. The zero-order valence-electron chi connectivity index (χ0n) is 19.3. The Balaban J connectivity index is 1.68. The molecule has 6 aromatic rings. The Labute approximate surface area is 202 Å². The van der Waals surface area contributed by atoms with E-state index >= 15 is 0 Å². The van der Waals surface area contributed by atoms with Crippen molar-refractivity contribution < 1.29 is 9.84 Å². The van der Waals surface area contributed by atoms with E-state index in [9.17, 15) is 5.11 Å². The zero-order valence-corrected chi connectivity index (χ0v) is 19.3. The van der Waals surface area contributed by atoms with Gasteiger partial charge in [0.2, 0.25) is 0 Å². The fraction of sp³-hybridized carbons (Fsp3) is 0.100. The summed E-state index contributed by atoms with van der Waals surface area (Å²) in [5.74, 6) is 0.997. The quantitative estimate of drug-likeness (QED) is 0.278. The van der Waals surface area contributed by atoms with Gasteiger partial charge < -0.3 is 9.84 Å². The highest BCUT2D eigenvalue weighted by atomic mass is 16.5. The Bertz CT molecular complexity index is 1710. The van der Waals surface area contributed by atoms with Gasteiger partial charge in [0.25, 0.3) is 0 Å². The summed E-state index contributed by atoms with van der Waals surface area (Å²) < 4.78 is 5.85. The highest BCUT2D eigenvalue weighted by molar-refractivity contribution is 6.20. The molecule has 0 fully saturated rings. The van der Waals surface area contributed by atoms with E-state index in [0.29, 0.717) is 23.8 Å². The molecule has 6 rings (SSSR count). The summed E-state index contributed by atoms with van der Waals surface area (Å²) in [6.45, 7) is 2.53. The average molecular weight is 458 g/mol. The molecule has 1 N–H and O–H groups in total. The van der Waals surface area contributed by atoms with E-state index in [1.165, 1.54) is 16.2 Å². The van der Waals surface area contributed by atoms with Crippen LogP contribution in [0.2, 0.25) is 0 Å². The summed E-state index contributed by atoms with van der Waals surface area (Å²) in [5, 5.41) is 17.3. The van der Waals surface area contributed by atoms with E-state index in [2.05, 4.69) is 65.6 Å². The average Bonchev–Trinajstić information content (AvgIpc) is 2.91. The van der Waals surface area contributed by atoms with Crippen LogP contribution < -0.4 is 4.74 Å². The Morgan fingerprint density at radius 3 is 2.09 bits per heavy atom. The largest absolute Gasteiger partial charge is 0.507 e. The van der Waals surface area contributed by atoms with Gasteiger partial charge in [-0.1, -0.05) is 79.7 Å². The summed E-state index contributed by atoms with van der Waals surface area (Å²) >= 11 is 0. The van der Waals surface area contributed by atoms with Gasteiger partial charge in [-0.3, -0.25) is 0 Å².